The third-order valence-corrected chi connectivity index (χ3v) is 1.94. The van der Waals surface area contributed by atoms with Gasteiger partial charge in [-0.3, -0.25) is 14.4 Å². The molecule has 2 amide bonds. The molecule has 1 aromatic carbocycles. The number of imide groups is 1. The minimum Gasteiger partial charge on any atom is -0.266 e. The van der Waals surface area contributed by atoms with Crippen LogP contribution in [0.25, 0.3) is 0 Å². The van der Waals surface area contributed by atoms with E-state index in [9.17, 15) is 9.59 Å². The van der Waals surface area contributed by atoms with E-state index in [1.165, 1.54) is 7.11 Å². The van der Waals surface area contributed by atoms with E-state index in [-0.39, 0.29) is 7.43 Å². The van der Waals surface area contributed by atoms with Crippen LogP contribution >= 0.6 is 0 Å². The molecule has 4 heteroatoms. The van der Waals surface area contributed by atoms with Crippen LogP contribution in [0.1, 0.15) is 28.1 Å². The largest absolute Gasteiger partial charge is 0.285 e. The fourth-order valence-corrected chi connectivity index (χ4v) is 1.33. The Labute approximate surface area is 82.0 Å². The quantitative estimate of drug-likeness (QED) is 0.634. The minimum atomic E-state index is -0.400. The molecule has 74 valence electrons. The van der Waals surface area contributed by atoms with Crippen LogP contribution < -0.4 is 0 Å². The van der Waals surface area contributed by atoms with Gasteiger partial charge in [0.05, 0.1) is 18.2 Å². The molecule has 0 saturated heterocycles. The number of carbonyl (C=O) groups excluding carboxylic acids is 2. The van der Waals surface area contributed by atoms with Gasteiger partial charge >= 0.3 is 0 Å². The van der Waals surface area contributed by atoms with Crippen molar-refractivity contribution in [2.24, 2.45) is 0 Å². The number of nitrogens with zero attached hydrogens (tertiary/aromatic N) is 1. The highest BCUT2D eigenvalue weighted by Crippen LogP contribution is 2.21. The van der Waals surface area contributed by atoms with E-state index in [2.05, 4.69) is 4.84 Å². The van der Waals surface area contributed by atoms with E-state index < -0.39 is 11.8 Å². The van der Waals surface area contributed by atoms with Gasteiger partial charge in [0.25, 0.3) is 11.8 Å². The van der Waals surface area contributed by atoms with Crippen LogP contribution in [0.3, 0.4) is 0 Å². The lowest BCUT2D eigenvalue weighted by molar-refractivity contribution is -0.0645. The molecule has 4 nitrogen and oxygen atoms in total. The van der Waals surface area contributed by atoms with Gasteiger partial charge in [-0.1, -0.05) is 19.6 Å². The second-order valence-electron chi connectivity index (χ2n) is 2.63. The molecular formula is C10H11NO3. The van der Waals surface area contributed by atoms with Crippen LogP contribution in [-0.2, 0) is 4.84 Å². The number of rotatable bonds is 1. The average molecular weight is 193 g/mol. The normalized spacial score (nSPS) is 13.9. The highest BCUT2D eigenvalue weighted by atomic mass is 16.7. The van der Waals surface area contributed by atoms with E-state index in [4.69, 9.17) is 0 Å². The average Bonchev–Trinajstić information content (AvgIpc) is 2.41. The molecular weight excluding hydrogens is 182 g/mol. The van der Waals surface area contributed by atoms with Crippen molar-refractivity contribution in [3.05, 3.63) is 35.4 Å². The summed E-state index contributed by atoms with van der Waals surface area (Å²) >= 11 is 0. The Balaban J connectivity index is 0.000000980. The lowest BCUT2D eigenvalue weighted by Crippen LogP contribution is -2.28. The van der Waals surface area contributed by atoms with Crippen LogP contribution in [-0.4, -0.2) is 24.0 Å². The summed E-state index contributed by atoms with van der Waals surface area (Å²) in [7, 11) is 1.29. The smallest absolute Gasteiger partial charge is 0.266 e. The maximum Gasteiger partial charge on any atom is 0.285 e. The third-order valence-electron chi connectivity index (χ3n) is 1.94. The number of carbonyl (C=O) groups is 2. The zero-order valence-corrected chi connectivity index (χ0v) is 6.98. The molecule has 0 N–H and O–H groups in total. The number of hydroxylamine groups is 2. The predicted octanol–water partition coefficient (Wildman–Crippen LogP) is 1.48. The lowest BCUT2D eigenvalue weighted by atomic mass is 10.1. The van der Waals surface area contributed by atoms with Crippen LogP contribution in [0.4, 0.5) is 0 Å². The zero-order valence-electron chi connectivity index (χ0n) is 6.98. The van der Waals surface area contributed by atoms with Crippen molar-refractivity contribution >= 4 is 11.8 Å². The van der Waals surface area contributed by atoms with Gasteiger partial charge in [0.15, 0.2) is 0 Å². The fourth-order valence-electron chi connectivity index (χ4n) is 1.33. The Morgan fingerprint density at radius 2 is 1.50 bits per heavy atom. The molecule has 1 aliphatic rings. The van der Waals surface area contributed by atoms with Gasteiger partial charge in [0.1, 0.15) is 0 Å². The summed E-state index contributed by atoms with van der Waals surface area (Å²) in [6.07, 6.45) is 0. The predicted molar refractivity (Wildman–Crippen MR) is 50.7 cm³/mol. The summed E-state index contributed by atoms with van der Waals surface area (Å²) < 4.78 is 0. The van der Waals surface area contributed by atoms with Crippen molar-refractivity contribution in [1.29, 1.82) is 0 Å². The summed E-state index contributed by atoms with van der Waals surface area (Å²) in [5, 5.41) is 0.755. The first-order valence-electron chi connectivity index (χ1n) is 3.77. The molecule has 0 fully saturated rings. The van der Waals surface area contributed by atoms with Crippen LogP contribution in [0.15, 0.2) is 24.3 Å². The SMILES string of the molecule is C.CON1C(=O)c2ccccc2C1=O. The molecule has 1 heterocycles. The van der Waals surface area contributed by atoms with Gasteiger partial charge in [-0.2, -0.15) is 0 Å². The molecule has 0 aromatic heterocycles. The maximum absolute atomic E-state index is 11.4. The van der Waals surface area contributed by atoms with Crippen molar-refractivity contribution in [3.8, 4) is 0 Å². The minimum absolute atomic E-state index is 0. The van der Waals surface area contributed by atoms with E-state index in [1.807, 2.05) is 0 Å². The van der Waals surface area contributed by atoms with E-state index in [0.717, 1.165) is 5.06 Å². The van der Waals surface area contributed by atoms with Crippen LogP contribution in [0, 0.1) is 0 Å². The molecule has 0 spiro atoms. The van der Waals surface area contributed by atoms with Gasteiger partial charge in [-0.05, 0) is 12.1 Å². The molecule has 0 unspecified atom stereocenters. The molecule has 14 heavy (non-hydrogen) atoms. The molecule has 0 saturated carbocycles. The Bertz CT molecular complexity index is 352. The monoisotopic (exact) mass is 193 g/mol. The second kappa shape index (κ2) is 3.59. The van der Waals surface area contributed by atoms with Crippen molar-refractivity contribution in [1.82, 2.24) is 5.06 Å². The molecule has 0 aliphatic carbocycles. The maximum atomic E-state index is 11.4. The van der Waals surface area contributed by atoms with Crippen molar-refractivity contribution in [3.63, 3.8) is 0 Å². The molecule has 0 atom stereocenters. The number of hydrogen-bond donors (Lipinski definition) is 0. The number of amides is 2. The van der Waals surface area contributed by atoms with Gasteiger partial charge < -0.3 is 0 Å². The van der Waals surface area contributed by atoms with Crippen molar-refractivity contribution in [2.75, 3.05) is 7.11 Å². The number of fused-ring (bicyclic) bond motifs is 1. The van der Waals surface area contributed by atoms with Crippen LogP contribution in [0.2, 0.25) is 0 Å². The molecule has 0 radical (unpaired) electrons. The molecule has 1 aromatic rings. The van der Waals surface area contributed by atoms with Gasteiger partial charge in [0, 0.05) is 0 Å². The summed E-state index contributed by atoms with van der Waals surface area (Å²) in [5.74, 6) is -0.800. The van der Waals surface area contributed by atoms with E-state index >= 15 is 0 Å². The Kier molecular flexibility index (Phi) is 2.67. The highest BCUT2D eigenvalue weighted by molar-refractivity contribution is 6.20. The summed E-state index contributed by atoms with van der Waals surface area (Å²) in [4.78, 5) is 27.5. The van der Waals surface area contributed by atoms with Crippen molar-refractivity contribution < 1.29 is 14.4 Å². The fraction of sp³-hybridized carbons (Fsp3) is 0.200. The Morgan fingerprint density at radius 3 is 1.86 bits per heavy atom. The molecule has 2 rings (SSSR count). The summed E-state index contributed by atoms with van der Waals surface area (Å²) in [6.45, 7) is 0. The van der Waals surface area contributed by atoms with E-state index in [0.29, 0.717) is 11.1 Å². The Morgan fingerprint density at radius 1 is 1.07 bits per heavy atom. The second-order valence-corrected chi connectivity index (χ2v) is 2.63. The Hall–Kier alpha value is -1.68. The first-order chi connectivity index (χ1) is 6.25. The highest BCUT2D eigenvalue weighted by Gasteiger charge is 2.35. The zero-order chi connectivity index (χ0) is 9.42. The van der Waals surface area contributed by atoms with Gasteiger partial charge in [-0.25, -0.2) is 0 Å². The number of hydrogen-bond acceptors (Lipinski definition) is 3. The summed E-state index contributed by atoms with van der Waals surface area (Å²) in [5.41, 5.74) is 0.795. The first-order valence-corrected chi connectivity index (χ1v) is 3.77. The molecule has 1 aliphatic heterocycles. The topological polar surface area (TPSA) is 46.6 Å². The lowest BCUT2D eigenvalue weighted by Gasteiger charge is -2.07. The van der Waals surface area contributed by atoms with Crippen LogP contribution in [0.5, 0.6) is 0 Å². The van der Waals surface area contributed by atoms with E-state index in [1.54, 1.807) is 24.3 Å². The number of benzene rings is 1. The third kappa shape index (κ3) is 1.20. The van der Waals surface area contributed by atoms with Gasteiger partial charge in [0.2, 0.25) is 0 Å². The first kappa shape index (κ1) is 10.4. The summed E-state index contributed by atoms with van der Waals surface area (Å²) in [6, 6.07) is 6.63. The molecule has 0 bridgehead atoms. The standard InChI is InChI=1S/C9H7NO3.CH4/c1-13-10-8(11)6-4-2-3-5-7(6)9(10)12;/h2-5H,1H3;1H4. The van der Waals surface area contributed by atoms with Crippen molar-refractivity contribution in [2.45, 2.75) is 7.43 Å². The van der Waals surface area contributed by atoms with Gasteiger partial charge in [-0.15, -0.1) is 5.06 Å².